The molecule has 0 bridgehead atoms. The molecule has 116 valence electrons. The van der Waals surface area contributed by atoms with E-state index in [0.29, 0.717) is 0 Å². The quantitative estimate of drug-likeness (QED) is 0.831. The summed E-state index contributed by atoms with van der Waals surface area (Å²) in [4.78, 5) is 5.32. The van der Waals surface area contributed by atoms with Gasteiger partial charge in [-0.1, -0.05) is 43.5 Å². The van der Waals surface area contributed by atoms with Crippen molar-refractivity contribution in [3.8, 4) is 0 Å². The lowest BCUT2D eigenvalue weighted by Gasteiger charge is -2.42. The zero-order chi connectivity index (χ0) is 14.7. The van der Waals surface area contributed by atoms with Crippen LogP contribution in [0.25, 0.3) is 0 Å². The van der Waals surface area contributed by atoms with E-state index in [0.717, 1.165) is 23.5 Å². The van der Waals surface area contributed by atoms with Crippen molar-refractivity contribution in [1.82, 2.24) is 9.80 Å². The van der Waals surface area contributed by atoms with Gasteiger partial charge in [-0.2, -0.15) is 0 Å². The van der Waals surface area contributed by atoms with Crippen LogP contribution in [0.1, 0.15) is 38.2 Å². The molecule has 2 nitrogen and oxygen atoms in total. The smallest absolute Gasteiger partial charge is 0.0406 e. The van der Waals surface area contributed by atoms with Gasteiger partial charge in [0.1, 0.15) is 0 Å². The van der Waals surface area contributed by atoms with E-state index < -0.39 is 0 Å². The Morgan fingerprint density at radius 3 is 2.43 bits per heavy atom. The maximum atomic E-state index is 5.95. The van der Waals surface area contributed by atoms with Crippen molar-refractivity contribution in [3.63, 3.8) is 0 Å². The average Bonchev–Trinajstić information content (AvgIpc) is 2.50. The fourth-order valence-electron chi connectivity index (χ4n) is 3.87. The van der Waals surface area contributed by atoms with Gasteiger partial charge in [0.25, 0.3) is 0 Å². The van der Waals surface area contributed by atoms with Crippen LogP contribution in [0.3, 0.4) is 0 Å². The molecule has 1 aromatic rings. The third-order valence-corrected chi connectivity index (χ3v) is 5.40. The van der Waals surface area contributed by atoms with Gasteiger partial charge in [0.2, 0.25) is 0 Å². The van der Waals surface area contributed by atoms with Crippen LogP contribution in [0, 0.1) is 5.92 Å². The molecular weight excluding hydrogens is 280 g/mol. The molecule has 2 aliphatic rings. The first-order valence-electron chi connectivity index (χ1n) is 8.41. The third kappa shape index (κ3) is 4.21. The highest BCUT2D eigenvalue weighted by molar-refractivity contribution is 6.30. The number of hydrogen-bond donors (Lipinski definition) is 0. The summed E-state index contributed by atoms with van der Waals surface area (Å²) < 4.78 is 0. The predicted octanol–water partition coefficient (Wildman–Crippen LogP) is 4.04. The minimum Gasteiger partial charge on any atom is -0.298 e. The molecule has 1 aromatic carbocycles. The van der Waals surface area contributed by atoms with Gasteiger partial charge in [-0.25, -0.2) is 0 Å². The number of halogens is 1. The van der Waals surface area contributed by atoms with Crippen molar-refractivity contribution in [2.24, 2.45) is 5.92 Å². The first-order chi connectivity index (χ1) is 10.2. The molecule has 1 aliphatic carbocycles. The van der Waals surface area contributed by atoms with Crippen LogP contribution in [-0.2, 0) is 6.54 Å². The number of nitrogens with zero attached hydrogens (tertiary/aromatic N) is 2. The van der Waals surface area contributed by atoms with E-state index in [1.165, 1.54) is 57.4 Å². The standard InChI is InChI=1S/C18H27ClN2/c1-15-3-2-4-18(13-15)21-11-9-20(10-12-21)14-16-5-7-17(19)8-6-16/h5-8,15,18H,2-4,9-14H2,1H3/t15-,18+/m0/s1. The highest BCUT2D eigenvalue weighted by atomic mass is 35.5. The van der Waals surface area contributed by atoms with E-state index in [4.69, 9.17) is 11.6 Å². The fourth-order valence-corrected chi connectivity index (χ4v) is 3.99. The van der Waals surface area contributed by atoms with Crippen LogP contribution < -0.4 is 0 Å². The van der Waals surface area contributed by atoms with Crippen molar-refractivity contribution < 1.29 is 0 Å². The average molecular weight is 307 g/mol. The number of benzene rings is 1. The van der Waals surface area contributed by atoms with Crippen molar-refractivity contribution in [3.05, 3.63) is 34.9 Å². The van der Waals surface area contributed by atoms with E-state index >= 15 is 0 Å². The Kier molecular flexibility index (Phi) is 5.20. The van der Waals surface area contributed by atoms with Gasteiger partial charge in [-0.15, -0.1) is 0 Å². The maximum absolute atomic E-state index is 5.95. The molecular formula is C18H27ClN2. The topological polar surface area (TPSA) is 6.48 Å². The van der Waals surface area contributed by atoms with Crippen molar-refractivity contribution in [2.75, 3.05) is 26.2 Å². The second-order valence-electron chi connectivity index (χ2n) is 6.86. The highest BCUT2D eigenvalue weighted by Crippen LogP contribution is 2.28. The molecule has 0 unspecified atom stereocenters. The van der Waals surface area contributed by atoms with Crippen LogP contribution in [-0.4, -0.2) is 42.0 Å². The molecule has 0 aromatic heterocycles. The Bertz CT molecular complexity index is 437. The molecule has 1 saturated heterocycles. The Morgan fingerprint density at radius 2 is 1.76 bits per heavy atom. The molecule has 21 heavy (non-hydrogen) atoms. The van der Waals surface area contributed by atoms with Gasteiger partial charge < -0.3 is 0 Å². The Balaban J connectivity index is 1.47. The second kappa shape index (κ2) is 7.13. The molecule has 0 radical (unpaired) electrons. The Hall–Kier alpha value is -0.570. The monoisotopic (exact) mass is 306 g/mol. The zero-order valence-electron chi connectivity index (χ0n) is 13.1. The van der Waals surface area contributed by atoms with Crippen LogP contribution in [0.4, 0.5) is 0 Å². The lowest BCUT2D eigenvalue weighted by Crippen LogP contribution is -2.50. The summed E-state index contributed by atoms with van der Waals surface area (Å²) in [5, 5.41) is 0.829. The molecule has 3 rings (SSSR count). The molecule has 0 spiro atoms. The first kappa shape index (κ1) is 15.3. The van der Waals surface area contributed by atoms with Gasteiger partial charge in [-0.3, -0.25) is 9.80 Å². The van der Waals surface area contributed by atoms with Gasteiger partial charge in [0.05, 0.1) is 0 Å². The summed E-state index contributed by atoms with van der Waals surface area (Å²) in [5.74, 6) is 0.927. The van der Waals surface area contributed by atoms with E-state index in [1.807, 2.05) is 12.1 Å². The van der Waals surface area contributed by atoms with E-state index in [-0.39, 0.29) is 0 Å². The molecule has 2 atom stereocenters. The Morgan fingerprint density at radius 1 is 1.05 bits per heavy atom. The largest absolute Gasteiger partial charge is 0.298 e. The summed E-state index contributed by atoms with van der Waals surface area (Å²) in [7, 11) is 0. The second-order valence-corrected chi connectivity index (χ2v) is 7.30. The van der Waals surface area contributed by atoms with Gasteiger partial charge >= 0.3 is 0 Å². The lowest BCUT2D eigenvalue weighted by molar-refractivity contribution is 0.0659. The summed E-state index contributed by atoms with van der Waals surface area (Å²) in [6, 6.07) is 9.15. The summed E-state index contributed by atoms with van der Waals surface area (Å²) >= 11 is 5.95. The normalized spacial score (nSPS) is 28.7. The Labute approximate surface area is 134 Å². The van der Waals surface area contributed by atoms with Gasteiger partial charge in [0, 0.05) is 43.8 Å². The fraction of sp³-hybridized carbons (Fsp3) is 0.667. The third-order valence-electron chi connectivity index (χ3n) is 5.15. The molecule has 1 aliphatic heterocycles. The van der Waals surface area contributed by atoms with E-state index in [1.54, 1.807) is 0 Å². The van der Waals surface area contributed by atoms with Gasteiger partial charge in [0.15, 0.2) is 0 Å². The van der Waals surface area contributed by atoms with E-state index in [9.17, 15) is 0 Å². The number of piperazine rings is 1. The SMILES string of the molecule is C[C@H]1CCC[C@@H](N2CCN(Cc3ccc(Cl)cc3)CC2)C1. The zero-order valence-corrected chi connectivity index (χ0v) is 13.9. The van der Waals surface area contributed by atoms with Crippen LogP contribution >= 0.6 is 11.6 Å². The molecule has 2 fully saturated rings. The van der Waals surface area contributed by atoms with Gasteiger partial charge in [-0.05, 0) is 36.5 Å². The van der Waals surface area contributed by atoms with Crippen LogP contribution in [0.2, 0.25) is 5.02 Å². The number of hydrogen-bond acceptors (Lipinski definition) is 2. The maximum Gasteiger partial charge on any atom is 0.0406 e. The van der Waals surface area contributed by atoms with E-state index in [2.05, 4.69) is 28.9 Å². The van der Waals surface area contributed by atoms with Crippen molar-refractivity contribution >= 4 is 11.6 Å². The molecule has 0 amide bonds. The van der Waals surface area contributed by atoms with Crippen LogP contribution in [0.5, 0.6) is 0 Å². The summed E-state index contributed by atoms with van der Waals surface area (Å²) in [6.07, 6.45) is 5.70. The number of rotatable bonds is 3. The lowest BCUT2D eigenvalue weighted by atomic mass is 9.86. The molecule has 3 heteroatoms. The molecule has 0 N–H and O–H groups in total. The molecule has 1 heterocycles. The minimum atomic E-state index is 0.829. The first-order valence-corrected chi connectivity index (χ1v) is 8.79. The van der Waals surface area contributed by atoms with Crippen molar-refractivity contribution in [1.29, 1.82) is 0 Å². The predicted molar refractivity (Wildman–Crippen MR) is 89.7 cm³/mol. The minimum absolute atomic E-state index is 0.829. The summed E-state index contributed by atoms with van der Waals surface area (Å²) in [5.41, 5.74) is 1.37. The highest BCUT2D eigenvalue weighted by Gasteiger charge is 2.27. The summed E-state index contributed by atoms with van der Waals surface area (Å²) in [6.45, 7) is 8.37. The molecule has 1 saturated carbocycles. The van der Waals surface area contributed by atoms with Crippen LogP contribution in [0.15, 0.2) is 24.3 Å². The van der Waals surface area contributed by atoms with Crippen molar-refractivity contribution in [2.45, 2.75) is 45.2 Å².